The highest BCUT2D eigenvalue weighted by atomic mass is 16.6. The Hall–Kier alpha value is -5.18. The first-order chi connectivity index (χ1) is 36.5. The fourth-order valence-electron chi connectivity index (χ4n) is 11.1. The number of carbonyl (C=O) groups excluding carboxylic acids is 2. The summed E-state index contributed by atoms with van der Waals surface area (Å²) in [5.74, 6) is 2.13. The van der Waals surface area contributed by atoms with Crippen LogP contribution in [0.3, 0.4) is 0 Å². The highest BCUT2D eigenvalue weighted by Gasteiger charge is 2.37. The Bertz CT molecular complexity index is 2320. The molecule has 9 heteroatoms. The van der Waals surface area contributed by atoms with Crippen molar-refractivity contribution in [2.75, 3.05) is 33.4 Å². The van der Waals surface area contributed by atoms with Crippen LogP contribution in [0.1, 0.15) is 198 Å². The summed E-state index contributed by atoms with van der Waals surface area (Å²) in [7, 11) is 1.70. The lowest BCUT2D eigenvalue weighted by molar-refractivity contribution is -0.132. The quantitative estimate of drug-likeness (QED) is 0.0346. The molecular formula is C65H96N4O5. The molecule has 2 aromatic heterocycles. The number of hydrogen-bond donors (Lipinski definition) is 2. The van der Waals surface area contributed by atoms with Gasteiger partial charge in [0, 0.05) is 71.7 Å². The van der Waals surface area contributed by atoms with Crippen LogP contribution in [-0.4, -0.2) is 77.3 Å². The summed E-state index contributed by atoms with van der Waals surface area (Å²) >= 11 is 0. The van der Waals surface area contributed by atoms with Gasteiger partial charge in [0.05, 0.1) is 20.3 Å². The number of likely N-dealkylation sites (tertiary alicyclic amines) is 2. The lowest BCUT2D eigenvalue weighted by atomic mass is 9.99. The highest BCUT2D eigenvalue weighted by molar-refractivity contribution is 5.86. The van der Waals surface area contributed by atoms with Crippen LogP contribution in [0.2, 0.25) is 0 Å². The van der Waals surface area contributed by atoms with E-state index in [-0.39, 0.29) is 24.1 Å². The van der Waals surface area contributed by atoms with Crippen LogP contribution in [-0.2, 0) is 22.4 Å². The molecule has 2 N–H and O–H groups in total. The van der Waals surface area contributed by atoms with Crippen molar-refractivity contribution in [1.29, 1.82) is 0 Å². The minimum absolute atomic E-state index is 0.0111. The van der Waals surface area contributed by atoms with Crippen LogP contribution in [0, 0.1) is 5.92 Å². The Morgan fingerprint density at radius 3 is 1.73 bits per heavy atom. The van der Waals surface area contributed by atoms with Crippen molar-refractivity contribution in [1.82, 2.24) is 19.8 Å². The first-order valence-electron chi connectivity index (χ1n) is 29.7. The number of nitrogens with one attached hydrogen (secondary N) is 2. The maximum atomic E-state index is 13.8. The third-order valence-electron chi connectivity index (χ3n) is 15.5. The van der Waals surface area contributed by atoms with Crippen LogP contribution in [0.25, 0.3) is 21.8 Å². The maximum absolute atomic E-state index is 13.8. The van der Waals surface area contributed by atoms with Gasteiger partial charge in [-0.3, -0.25) is 4.79 Å². The molecule has 2 fully saturated rings. The molecule has 0 bridgehead atoms. The third kappa shape index (κ3) is 20.2. The van der Waals surface area contributed by atoms with Crippen LogP contribution in [0.4, 0.5) is 4.79 Å². The minimum Gasteiger partial charge on any atom is -0.497 e. The average molecular weight is 1010 g/mol. The van der Waals surface area contributed by atoms with Gasteiger partial charge in [-0.25, -0.2) is 4.79 Å². The number of unbranched alkanes of at least 4 members (excludes halogenated alkanes) is 17. The van der Waals surface area contributed by atoms with E-state index < -0.39 is 0 Å². The Morgan fingerprint density at radius 2 is 1.14 bits per heavy atom. The number of aromatic nitrogens is 2. The second kappa shape index (κ2) is 34.4. The smallest absolute Gasteiger partial charge is 0.410 e. The highest BCUT2D eigenvalue weighted by Crippen LogP contribution is 2.33. The van der Waals surface area contributed by atoms with Crippen LogP contribution >= 0.6 is 0 Å². The van der Waals surface area contributed by atoms with Crippen molar-refractivity contribution >= 4 is 33.8 Å². The summed E-state index contributed by atoms with van der Waals surface area (Å²) in [6, 6.07) is 12.6. The number of aromatic amines is 2. The van der Waals surface area contributed by atoms with Crippen LogP contribution in [0.5, 0.6) is 11.5 Å². The number of methoxy groups -OCH3 is 1. The summed E-state index contributed by atoms with van der Waals surface area (Å²) < 4.78 is 18.2. The summed E-state index contributed by atoms with van der Waals surface area (Å²) in [5, 5.41) is 2.28. The fraction of sp³-hybridized carbons (Fsp3) is 0.600. The molecule has 6 rings (SSSR count). The zero-order chi connectivity index (χ0) is 51.8. The number of carbonyl (C=O) groups is 2. The summed E-state index contributed by atoms with van der Waals surface area (Å²) in [6.07, 6.45) is 54.9. The number of hydrogen-bond acceptors (Lipinski definition) is 5. The molecular weight excluding hydrogens is 917 g/mol. The molecule has 2 aliphatic rings. The van der Waals surface area contributed by atoms with Crippen LogP contribution in [0.15, 0.2) is 97.4 Å². The number of amides is 2. The second-order valence-corrected chi connectivity index (χ2v) is 21.4. The van der Waals surface area contributed by atoms with E-state index in [1.807, 2.05) is 17.0 Å². The molecule has 1 unspecified atom stereocenters. The van der Waals surface area contributed by atoms with E-state index in [4.69, 9.17) is 14.2 Å². The number of benzene rings is 2. The number of nitrogens with zero attached hydrogens (tertiary/aromatic N) is 2. The molecule has 0 radical (unpaired) electrons. The number of H-pyrrole nitrogens is 2. The van der Waals surface area contributed by atoms with Gasteiger partial charge in [-0.2, -0.15) is 0 Å². The molecule has 0 saturated carbocycles. The van der Waals surface area contributed by atoms with Crippen LogP contribution < -0.4 is 9.47 Å². The molecule has 9 nitrogen and oxygen atoms in total. The lowest BCUT2D eigenvalue weighted by Gasteiger charge is -2.25. The van der Waals surface area contributed by atoms with E-state index in [0.29, 0.717) is 32.1 Å². The molecule has 406 valence electrons. The molecule has 4 aromatic rings. The van der Waals surface area contributed by atoms with Gasteiger partial charge in [-0.05, 0) is 157 Å². The molecule has 2 aromatic carbocycles. The first-order valence-corrected chi connectivity index (χ1v) is 29.7. The van der Waals surface area contributed by atoms with Gasteiger partial charge in [0.1, 0.15) is 11.5 Å². The fourth-order valence-corrected chi connectivity index (χ4v) is 11.1. The van der Waals surface area contributed by atoms with E-state index in [2.05, 4.69) is 114 Å². The third-order valence-corrected chi connectivity index (χ3v) is 15.5. The standard InChI is InChI=1S/C65H96N4O5/c1-4-6-8-10-12-14-16-18-20-22-24-26-28-30-32-34-43-73-65(71)69-51-53(44-57(69)46-55-50-67-62-40-38-58(72-3)47-60(55)62)52-74-59-39-41-63-61(48-59)54(49-66-63)45-56-36-35-42-68(56)64(70)37-33-31-29-27-25-23-21-19-17-15-13-11-9-7-5-2/h12-15,18-21,38-41,47-50,53,56-57,66-67H,4-11,16-17,22-37,42-46,51-52H2,1-3H3/b14-12-,15-13-,20-18-,21-19-/t53?,56-,57-/m0/s1. The molecule has 2 amide bonds. The van der Waals surface area contributed by atoms with E-state index in [0.717, 1.165) is 123 Å². The average Bonchev–Trinajstić information content (AvgIpc) is 4.24. The SMILES string of the molecule is CCCCC/C=C\C/C=C\CCCCCCCCOC(=O)N1CC(COc2ccc3[nH]cc(C[C@@H]4CCCN4C(=O)CCCCCCC/C=C\C/C=C\CCCCC)c3c2)C[C@H]1Cc1c[nH]c2ccc(OC)cc12. The molecule has 0 spiro atoms. The van der Waals surface area contributed by atoms with Crippen molar-refractivity contribution in [3.8, 4) is 11.5 Å². The Kier molecular flexibility index (Phi) is 27.0. The maximum Gasteiger partial charge on any atom is 0.410 e. The number of rotatable bonds is 37. The van der Waals surface area contributed by atoms with Gasteiger partial charge in [0.15, 0.2) is 0 Å². The predicted octanol–water partition coefficient (Wildman–Crippen LogP) is 17.3. The van der Waals surface area contributed by atoms with Crippen molar-refractivity contribution in [2.45, 2.75) is 212 Å². The van der Waals surface area contributed by atoms with Crippen molar-refractivity contribution in [2.24, 2.45) is 5.92 Å². The molecule has 2 aliphatic heterocycles. The minimum atomic E-state index is -0.221. The van der Waals surface area contributed by atoms with Gasteiger partial charge in [-0.15, -0.1) is 0 Å². The van der Waals surface area contributed by atoms with Gasteiger partial charge >= 0.3 is 6.09 Å². The number of ether oxygens (including phenoxy) is 3. The molecule has 2 saturated heterocycles. The predicted molar refractivity (Wildman–Crippen MR) is 309 cm³/mol. The largest absolute Gasteiger partial charge is 0.497 e. The Balaban J connectivity index is 0.928. The van der Waals surface area contributed by atoms with Gasteiger partial charge < -0.3 is 34.0 Å². The van der Waals surface area contributed by atoms with E-state index in [9.17, 15) is 9.59 Å². The van der Waals surface area contributed by atoms with E-state index in [1.54, 1.807) is 7.11 Å². The molecule has 3 atom stereocenters. The zero-order valence-electron chi connectivity index (χ0n) is 46.2. The summed E-state index contributed by atoms with van der Waals surface area (Å²) in [6.45, 7) is 6.92. The summed E-state index contributed by atoms with van der Waals surface area (Å²) in [5.41, 5.74) is 4.54. The van der Waals surface area contributed by atoms with Crippen molar-refractivity contribution < 1.29 is 23.8 Å². The number of fused-ring (bicyclic) bond motifs is 2. The Labute approximate surface area is 447 Å². The zero-order valence-corrected chi connectivity index (χ0v) is 46.2. The van der Waals surface area contributed by atoms with Gasteiger partial charge in [-0.1, -0.05) is 133 Å². The van der Waals surface area contributed by atoms with E-state index >= 15 is 0 Å². The van der Waals surface area contributed by atoms with E-state index in [1.165, 1.54) is 107 Å². The Morgan fingerprint density at radius 1 is 0.608 bits per heavy atom. The first kappa shape index (κ1) is 58.1. The monoisotopic (exact) mass is 1010 g/mol. The molecule has 74 heavy (non-hydrogen) atoms. The van der Waals surface area contributed by atoms with Crippen molar-refractivity contribution in [3.63, 3.8) is 0 Å². The lowest BCUT2D eigenvalue weighted by Crippen LogP contribution is -2.37. The normalized spacial score (nSPS) is 17.3. The molecule has 4 heterocycles. The molecule has 0 aliphatic carbocycles. The van der Waals surface area contributed by atoms with Gasteiger partial charge in [0.25, 0.3) is 0 Å². The second-order valence-electron chi connectivity index (χ2n) is 21.4. The summed E-state index contributed by atoms with van der Waals surface area (Å²) in [4.78, 5) is 38.4. The van der Waals surface area contributed by atoms with Gasteiger partial charge in [0.2, 0.25) is 5.91 Å². The topological polar surface area (TPSA) is 99.9 Å². The van der Waals surface area contributed by atoms with Crippen molar-refractivity contribution in [3.05, 3.63) is 109 Å². The number of allylic oxidation sites excluding steroid dienone is 8.